The van der Waals surface area contributed by atoms with E-state index in [4.69, 9.17) is 0 Å². The number of nitrogens with zero attached hydrogens (tertiary/aromatic N) is 1. The maximum Gasteiger partial charge on any atom is 0.392 e. The lowest BCUT2D eigenvalue weighted by molar-refractivity contribution is -0.195. The van der Waals surface area contributed by atoms with Crippen molar-refractivity contribution in [3.05, 3.63) is 0 Å². The molecule has 1 N–H and O–H groups in total. The molecule has 0 aromatic rings. The van der Waals surface area contributed by atoms with E-state index in [9.17, 15) is 13.2 Å². The number of nitrogens with one attached hydrogen (secondary N) is 1. The zero-order chi connectivity index (χ0) is 14.4. The van der Waals surface area contributed by atoms with Crippen molar-refractivity contribution in [2.24, 2.45) is 11.8 Å². The summed E-state index contributed by atoms with van der Waals surface area (Å²) < 4.78 is 38.9. The molecular formula is C15H27F3N2. The molecule has 2 unspecified atom stereocenters. The molecule has 0 aromatic heterocycles. The maximum atomic E-state index is 13.0. The molecule has 2 fully saturated rings. The van der Waals surface area contributed by atoms with Crippen LogP contribution in [0.25, 0.3) is 0 Å². The fourth-order valence-electron chi connectivity index (χ4n) is 3.59. The minimum absolute atomic E-state index is 0.217. The topological polar surface area (TPSA) is 15.3 Å². The molecule has 1 saturated carbocycles. The van der Waals surface area contributed by atoms with E-state index in [0.29, 0.717) is 13.0 Å². The molecule has 0 aromatic carbocycles. The third-order valence-electron chi connectivity index (χ3n) is 4.79. The zero-order valence-corrected chi connectivity index (χ0v) is 12.2. The monoisotopic (exact) mass is 292 g/mol. The second-order valence-corrected chi connectivity index (χ2v) is 6.30. The van der Waals surface area contributed by atoms with Crippen LogP contribution in [0.5, 0.6) is 0 Å². The Hall–Kier alpha value is -0.290. The van der Waals surface area contributed by atoms with Gasteiger partial charge >= 0.3 is 6.18 Å². The Labute approximate surface area is 120 Å². The van der Waals surface area contributed by atoms with Crippen molar-refractivity contribution in [3.63, 3.8) is 0 Å². The van der Waals surface area contributed by atoms with Crippen molar-refractivity contribution < 1.29 is 13.2 Å². The number of piperidine rings is 1. The number of rotatable bonds is 5. The van der Waals surface area contributed by atoms with Crippen molar-refractivity contribution in [2.45, 2.75) is 51.1 Å². The highest BCUT2D eigenvalue weighted by molar-refractivity contribution is 4.82. The summed E-state index contributed by atoms with van der Waals surface area (Å²) in [5, 5.41) is 3.26. The lowest BCUT2D eigenvalue weighted by atomic mass is 9.79. The molecule has 2 atom stereocenters. The van der Waals surface area contributed by atoms with Crippen molar-refractivity contribution in [1.29, 1.82) is 0 Å². The number of hydrogen-bond donors (Lipinski definition) is 1. The lowest BCUT2D eigenvalue weighted by Gasteiger charge is -2.33. The first-order chi connectivity index (χ1) is 9.57. The molecule has 0 radical (unpaired) electrons. The Morgan fingerprint density at radius 1 is 0.950 bits per heavy atom. The van der Waals surface area contributed by atoms with Crippen LogP contribution in [0.4, 0.5) is 13.2 Å². The molecule has 20 heavy (non-hydrogen) atoms. The summed E-state index contributed by atoms with van der Waals surface area (Å²) in [6.45, 7) is 4.62. The van der Waals surface area contributed by atoms with Gasteiger partial charge in [0.15, 0.2) is 0 Å². The van der Waals surface area contributed by atoms with Crippen molar-refractivity contribution in [3.8, 4) is 0 Å². The lowest BCUT2D eigenvalue weighted by Crippen LogP contribution is -2.41. The van der Waals surface area contributed by atoms with Gasteiger partial charge in [0.1, 0.15) is 0 Å². The summed E-state index contributed by atoms with van der Waals surface area (Å²) in [5.41, 5.74) is 0. The molecule has 1 saturated heterocycles. The highest BCUT2D eigenvalue weighted by Gasteiger charge is 2.44. The van der Waals surface area contributed by atoms with E-state index in [2.05, 4.69) is 10.2 Å². The summed E-state index contributed by atoms with van der Waals surface area (Å²) in [4.78, 5) is 2.42. The van der Waals surface area contributed by atoms with Crippen LogP contribution in [-0.4, -0.2) is 43.8 Å². The van der Waals surface area contributed by atoms with E-state index >= 15 is 0 Å². The van der Waals surface area contributed by atoms with E-state index in [1.165, 1.54) is 19.3 Å². The quantitative estimate of drug-likeness (QED) is 0.781. The van der Waals surface area contributed by atoms with Gasteiger partial charge in [-0.25, -0.2) is 0 Å². The smallest absolute Gasteiger partial charge is 0.315 e. The fraction of sp³-hybridized carbons (Fsp3) is 1.00. The van der Waals surface area contributed by atoms with Crippen LogP contribution in [-0.2, 0) is 0 Å². The molecular weight excluding hydrogens is 265 g/mol. The molecule has 2 aliphatic rings. The first-order valence-electron chi connectivity index (χ1n) is 8.07. The Morgan fingerprint density at radius 3 is 2.35 bits per heavy atom. The van der Waals surface area contributed by atoms with Crippen LogP contribution in [0.1, 0.15) is 44.9 Å². The van der Waals surface area contributed by atoms with E-state index in [1.54, 1.807) is 0 Å². The predicted octanol–water partition coefficient (Wildman–Crippen LogP) is 3.43. The van der Waals surface area contributed by atoms with Gasteiger partial charge in [0.25, 0.3) is 0 Å². The van der Waals surface area contributed by atoms with E-state index < -0.39 is 12.1 Å². The van der Waals surface area contributed by atoms with Gasteiger partial charge in [-0.2, -0.15) is 13.2 Å². The van der Waals surface area contributed by atoms with Crippen molar-refractivity contribution >= 4 is 0 Å². The van der Waals surface area contributed by atoms with Crippen molar-refractivity contribution in [2.75, 3.05) is 32.7 Å². The van der Waals surface area contributed by atoms with Gasteiger partial charge in [-0.1, -0.05) is 19.3 Å². The van der Waals surface area contributed by atoms with Gasteiger partial charge in [0.2, 0.25) is 0 Å². The van der Waals surface area contributed by atoms with Gasteiger partial charge in [-0.3, -0.25) is 0 Å². The molecule has 118 valence electrons. The number of alkyl halides is 3. The van der Waals surface area contributed by atoms with Crippen LogP contribution in [0, 0.1) is 11.8 Å². The highest BCUT2D eigenvalue weighted by atomic mass is 19.4. The number of likely N-dealkylation sites (tertiary alicyclic amines) is 1. The maximum absolute atomic E-state index is 13.0. The van der Waals surface area contributed by atoms with Crippen LogP contribution < -0.4 is 5.32 Å². The molecule has 1 heterocycles. The van der Waals surface area contributed by atoms with Gasteiger partial charge < -0.3 is 10.2 Å². The average Bonchev–Trinajstić information content (AvgIpc) is 2.44. The standard InChI is InChI=1S/C15H27F3N2/c16-15(17,18)14-7-3-2-6-13(14)12-19-8-11-20-9-4-1-5-10-20/h13-14,19H,1-12H2. The van der Waals surface area contributed by atoms with E-state index in [0.717, 1.165) is 45.4 Å². The SMILES string of the molecule is FC(F)(F)C1CCCCC1CNCCN1CCCCC1. The number of hydrogen-bond acceptors (Lipinski definition) is 2. The minimum Gasteiger partial charge on any atom is -0.315 e. The second kappa shape index (κ2) is 7.64. The summed E-state index contributed by atoms with van der Waals surface area (Å²) in [6, 6.07) is 0. The summed E-state index contributed by atoms with van der Waals surface area (Å²) >= 11 is 0. The molecule has 0 spiro atoms. The van der Waals surface area contributed by atoms with Gasteiger partial charge in [-0.15, -0.1) is 0 Å². The Bertz CT molecular complexity index is 275. The van der Waals surface area contributed by atoms with Gasteiger partial charge in [0.05, 0.1) is 5.92 Å². The van der Waals surface area contributed by atoms with Crippen LogP contribution in [0.2, 0.25) is 0 Å². The molecule has 2 nitrogen and oxygen atoms in total. The summed E-state index contributed by atoms with van der Waals surface area (Å²) in [7, 11) is 0. The van der Waals surface area contributed by atoms with E-state index in [1.807, 2.05) is 0 Å². The largest absolute Gasteiger partial charge is 0.392 e. The molecule has 0 bridgehead atoms. The van der Waals surface area contributed by atoms with Gasteiger partial charge in [-0.05, 0) is 51.2 Å². The van der Waals surface area contributed by atoms with Crippen LogP contribution in [0.15, 0.2) is 0 Å². The molecule has 1 aliphatic heterocycles. The van der Waals surface area contributed by atoms with Crippen LogP contribution in [0.3, 0.4) is 0 Å². The molecule has 2 rings (SSSR count). The molecule has 0 amide bonds. The van der Waals surface area contributed by atoms with E-state index in [-0.39, 0.29) is 5.92 Å². The highest BCUT2D eigenvalue weighted by Crippen LogP contribution is 2.41. The fourth-order valence-corrected chi connectivity index (χ4v) is 3.59. The third-order valence-corrected chi connectivity index (χ3v) is 4.79. The average molecular weight is 292 g/mol. The van der Waals surface area contributed by atoms with Crippen molar-refractivity contribution in [1.82, 2.24) is 10.2 Å². The Balaban J connectivity index is 1.66. The normalized spacial score (nSPS) is 29.6. The third kappa shape index (κ3) is 4.92. The molecule has 5 heteroatoms. The second-order valence-electron chi connectivity index (χ2n) is 6.30. The Morgan fingerprint density at radius 2 is 1.65 bits per heavy atom. The first-order valence-corrected chi connectivity index (χ1v) is 8.07. The predicted molar refractivity (Wildman–Crippen MR) is 74.7 cm³/mol. The number of halogens is 3. The summed E-state index contributed by atoms with van der Waals surface area (Å²) in [5.74, 6) is -1.30. The first kappa shape index (κ1) is 16.1. The summed E-state index contributed by atoms with van der Waals surface area (Å²) in [6.07, 6.45) is 2.55. The zero-order valence-electron chi connectivity index (χ0n) is 12.2. The van der Waals surface area contributed by atoms with Crippen LogP contribution >= 0.6 is 0 Å². The Kier molecular flexibility index (Phi) is 6.15. The van der Waals surface area contributed by atoms with Gasteiger partial charge in [0, 0.05) is 13.1 Å². The minimum atomic E-state index is -4.01. The molecule has 1 aliphatic carbocycles.